The Balaban J connectivity index is 1.80. The van der Waals surface area contributed by atoms with E-state index in [2.05, 4.69) is 77.5 Å². The van der Waals surface area contributed by atoms with Crippen LogP contribution < -0.4 is 5.32 Å². The van der Waals surface area contributed by atoms with E-state index >= 15 is 0 Å². The number of rotatable bonds is 4. The molecule has 0 bridgehead atoms. The summed E-state index contributed by atoms with van der Waals surface area (Å²) in [6.07, 6.45) is 2.06. The van der Waals surface area contributed by atoms with Crippen molar-refractivity contribution < 1.29 is 0 Å². The van der Waals surface area contributed by atoms with Crippen LogP contribution in [0.5, 0.6) is 0 Å². The summed E-state index contributed by atoms with van der Waals surface area (Å²) in [6.45, 7) is 8.32. The highest BCUT2D eigenvalue weighted by atomic mass is 15.2. The minimum absolute atomic E-state index is 0.317. The first kappa shape index (κ1) is 14.1. The van der Waals surface area contributed by atoms with Gasteiger partial charge in [-0.1, -0.05) is 60.7 Å². The van der Waals surface area contributed by atoms with Gasteiger partial charge < -0.3 is 5.32 Å². The fraction of sp³-hybridized carbons (Fsp3) is 0.263. The molecule has 1 aliphatic rings. The number of hydrogen-bond acceptors (Lipinski definition) is 2. The lowest BCUT2D eigenvalue weighted by Crippen LogP contribution is -2.44. The highest BCUT2D eigenvalue weighted by Gasteiger charge is 2.19. The molecule has 3 rings (SSSR count). The normalized spacial score (nSPS) is 17.3. The molecule has 2 aromatic carbocycles. The summed E-state index contributed by atoms with van der Waals surface area (Å²) in [5.41, 5.74) is 3.86. The van der Waals surface area contributed by atoms with Crippen molar-refractivity contribution in [3.05, 3.63) is 72.8 Å². The van der Waals surface area contributed by atoms with Gasteiger partial charge >= 0.3 is 0 Å². The van der Waals surface area contributed by atoms with E-state index in [0.717, 1.165) is 26.2 Å². The van der Waals surface area contributed by atoms with Gasteiger partial charge in [-0.2, -0.15) is 0 Å². The summed E-state index contributed by atoms with van der Waals surface area (Å²) in [6, 6.07) is 19.7. The van der Waals surface area contributed by atoms with Gasteiger partial charge in [0.05, 0.1) is 6.04 Å². The number of piperazine rings is 1. The van der Waals surface area contributed by atoms with Gasteiger partial charge in [0.15, 0.2) is 0 Å². The third-order valence-corrected chi connectivity index (χ3v) is 4.13. The standard InChI is InChI=1S/C19H22N2/c1-2-19(21-14-12-20-13-15-21)18-10-8-17(9-11-18)16-6-4-3-5-7-16/h2-11,19-20H,1,12-15H2/t19-/m1/s1. The molecule has 0 aromatic heterocycles. The maximum atomic E-state index is 4.03. The Morgan fingerprint density at radius 1 is 0.905 bits per heavy atom. The predicted molar refractivity (Wildman–Crippen MR) is 89.3 cm³/mol. The quantitative estimate of drug-likeness (QED) is 0.861. The number of nitrogens with one attached hydrogen (secondary N) is 1. The molecule has 1 fully saturated rings. The zero-order chi connectivity index (χ0) is 14.5. The van der Waals surface area contributed by atoms with Crippen LogP contribution in [-0.2, 0) is 0 Å². The van der Waals surface area contributed by atoms with Crippen molar-refractivity contribution in [3.8, 4) is 11.1 Å². The van der Waals surface area contributed by atoms with Crippen LogP contribution >= 0.6 is 0 Å². The molecule has 2 aromatic rings. The fourth-order valence-corrected chi connectivity index (χ4v) is 2.96. The smallest absolute Gasteiger partial charge is 0.0529 e. The third-order valence-electron chi connectivity index (χ3n) is 4.13. The SMILES string of the molecule is C=C[C@H](c1ccc(-c2ccccc2)cc1)N1CCNCC1. The molecule has 2 nitrogen and oxygen atoms in total. The van der Waals surface area contributed by atoms with Crippen LogP contribution in [-0.4, -0.2) is 31.1 Å². The first-order chi connectivity index (χ1) is 10.4. The Morgan fingerprint density at radius 2 is 1.52 bits per heavy atom. The summed E-state index contributed by atoms with van der Waals surface area (Å²) in [5, 5.41) is 3.40. The van der Waals surface area contributed by atoms with Gasteiger partial charge in [0.2, 0.25) is 0 Å². The van der Waals surface area contributed by atoms with Crippen LogP contribution in [0.3, 0.4) is 0 Å². The zero-order valence-electron chi connectivity index (χ0n) is 12.3. The second-order valence-electron chi connectivity index (χ2n) is 5.45. The third kappa shape index (κ3) is 3.23. The van der Waals surface area contributed by atoms with Crippen molar-refractivity contribution in [2.24, 2.45) is 0 Å². The fourth-order valence-electron chi connectivity index (χ4n) is 2.96. The Labute approximate surface area is 127 Å². The summed E-state index contributed by atoms with van der Waals surface area (Å²) in [4.78, 5) is 2.49. The van der Waals surface area contributed by atoms with Crippen LogP contribution in [0.1, 0.15) is 11.6 Å². The molecular weight excluding hydrogens is 256 g/mol. The maximum absolute atomic E-state index is 4.03. The topological polar surface area (TPSA) is 15.3 Å². The number of benzene rings is 2. The first-order valence-electron chi connectivity index (χ1n) is 7.61. The van der Waals surface area contributed by atoms with Crippen molar-refractivity contribution in [2.45, 2.75) is 6.04 Å². The van der Waals surface area contributed by atoms with Crippen LogP contribution in [0, 0.1) is 0 Å². The van der Waals surface area contributed by atoms with Crippen molar-refractivity contribution in [2.75, 3.05) is 26.2 Å². The van der Waals surface area contributed by atoms with Crippen LogP contribution in [0.25, 0.3) is 11.1 Å². The van der Waals surface area contributed by atoms with E-state index in [1.165, 1.54) is 16.7 Å². The average Bonchev–Trinajstić information content (AvgIpc) is 2.58. The summed E-state index contributed by atoms with van der Waals surface area (Å²) >= 11 is 0. The average molecular weight is 278 g/mol. The number of hydrogen-bond donors (Lipinski definition) is 1. The van der Waals surface area contributed by atoms with E-state index in [-0.39, 0.29) is 0 Å². The Hall–Kier alpha value is -1.90. The van der Waals surface area contributed by atoms with E-state index in [9.17, 15) is 0 Å². The molecule has 21 heavy (non-hydrogen) atoms. The van der Waals surface area contributed by atoms with Crippen LogP contribution in [0.2, 0.25) is 0 Å². The van der Waals surface area contributed by atoms with E-state index in [1.54, 1.807) is 0 Å². The molecule has 0 radical (unpaired) electrons. The molecule has 1 atom stereocenters. The van der Waals surface area contributed by atoms with E-state index in [0.29, 0.717) is 6.04 Å². The molecule has 108 valence electrons. The van der Waals surface area contributed by atoms with Gasteiger partial charge in [-0.3, -0.25) is 4.90 Å². The summed E-state index contributed by atoms with van der Waals surface area (Å²) in [5.74, 6) is 0. The van der Waals surface area contributed by atoms with Gasteiger partial charge in [-0.25, -0.2) is 0 Å². The van der Waals surface area contributed by atoms with E-state index in [1.807, 2.05) is 0 Å². The molecule has 1 N–H and O–H groups in total. The molecule has 2 heteroatoms. The number of nitrogens with zero attached hydrogens (tertiary/aromatic N) is 1. The minimum atomic E-state index is 0.317. The second kappa shape index (κ2) is 6.70. The summed E-state index contributed by atoms with van der Waals surface area (Å²) in [7, 11) is 0. The van der Waals surface area contributed by atoms with Gasteiger partial charge in [-0.05, 0) is 16.7 Å². The lowest BCUT2D eigenvalue weighted by molar-refractivity contribution is 0.203. The molecule has 0 saturated carbocycles. The van der Waals surface area contributed by atoms with E-state index in [4.69, 9.17) is 0 Å². The molecule has 0 spiro atoms. The van der Waals surface area contributed by atoms with Gasteiger partial charge in [0.25, 0.3) is 0 Å². The molecule has 0 aliphatic carbocycles. The van der Waals surface area contributed by atoms with Crippen LogP contribution in [0.4, 0.5) is 0 Å². The molecule has 1 heterocycles. The maximum Gasteiger partial charge on any atom is 0.0529 e. The lowest BCUT2D eigenvalue weighted by atomic mass is 9.99. The highest BCUT2D eigenvalue weighted by molar-refractivity contribution is 5.63. The Bertz CT molecular complexity index is 568. The molecule has 0 amide bonds. The van der Waals surface area contributed by atoms with Crippen molar-refractivity contribution in [3.63, 3.8) is 0 Å². The first-order valence-corrected chi connectivity index (χ1v) is 7.61. The Kier molecular flexibility index (Phi) is 4.49. The zero-order valence-corrected chi connectivity index (χ0v) is 12.3. The monoisotopic (exact) mass is 278 g/mol. The minimum Gasteiger partial charge on any atom is -0.314 e. The van der Waals surface area contributed by atoms with Crippen LogP contribution in [0.15, 0.2) is 67.3 Å². The molecular formula is C19H22N2. The van der Waals surface area contributed by atoms with E-state index < -0.39 is 0 Å². The second-order valence-corrected chi connectivity index (χ2v) is 5.45. The lowest BCUT2D eigenvalue weighted by Gasteiger charge is -2.33. The molecule has 1 aliphatic heterocycles. The predicted octanol–water partition coefficient (Wildman–Crippen LogP) is 3.49. The van der Waals surface area contributed by atoms with Crippen molar-refractivity contribution >= 4 is 0 Å². The summed E-state index contributed by atoms with van der Waals surface area (Å²) < 4.78 is 0. The largest absolute Gasteiger partial charge is 0.314 e. The Morgan fingerprint density at radius 3 is 2.14 bits per heavy atom. The molecule has 0 unspecified atom stereocenters. The van der Waals surface area contributed by atoms with Gasteiger partial charge in [0, 0.05) is 26.2 Å². The van der Waals surface area contributed by atoms with Gasteiger partial charge in [-0.15, -0.1) is 6.58 Å². The van der Waals surface area contributed by atoms with Gasteiger partial charge in [0.1, 0.15) is 0 Å². The van der Waals surface area contributed by atoms with Crippen molar-refractivity contribution in [1.82, 2.24) is 10.2 Å². The highest BCUT2D eigenvalue weighted by Crippen LogP contribution is 2.25. The van der Waals surface area contributed by atoms with Crippen molar-refractivity contribution in [1.29, 1.82) is 0 Å². The molecule has 1 saturated heterocycles.